The fourth-order valence-corrected chi connectivity index (χ4v) is 6.93. The van der Waals surface area contributed by atoms with E-state index in [0.29, 0.717) is 68.4 Å². The van der Waals surface area contributed by atoms with Crippen LogP contribution in [0.3, 0.4) is 0 Å². The second kappa shape index (κ2) is 19.8. The Balaban J connectivity index is 0.904. The Hall–Kier alpha value is -6.44. The van der Waals surface area contributed by atoms with Crippen LogP contribution in [-0.2, 0) is 46.5 Å². The van der Waals surface area contributed by atoms with Gasteiger partial charge in [-0.2, -0.15) is 0 Å². The third-order valence-electron chi connectivity index (χ3n) is 9.86. The zero-order valence-corrected chi connectivity index (χ0v) is 32.6. The third-order valence-corrected chi connectivity index (χ3v) is 9.86. The van der Waals surface area contributed by atoms with Crippen molar-refractivity contribution in [1.29, 1.82) is 0 Å². The van der Waals surface area contributed by atoms with Gasteiger partial charge in [-0.25, -0.2) is 14.4 Å². The van der Waals surface area contributed by atoms with E-state index < -0.39 is 17.9 Å². The summed E-state index contributed by atoms with van der Waals surface area (Å²) < 4.78 is 51.7. The fraction of sp³-hybridized carbons (Fsp3) is 0.304. The Kier molecular flexibility index (Phi) is 13.7. The van der Waals surface area contributed by atoms with Gasteiger partial charge in [-0.1, -0.05) is 66.7 Å². The minimum absolute atomic E-state index is 0.0139. The maximum Gasteiger partial charge on any atom is 0.338 e. The van der Waals surface area contributed by atoms with E-state index in [1.807, 2.05) is 18.2 Å². The lowest BCUT2D eigenvalue weighted by molar-refractivity contribution is -0.142. The number of ether oxygens (including phenoxy) is 9. The Morgan fingerprint density at radius 2 is 0.966 bits per heavy atom. The number of hydrogen-bond acceptors (Lipinski definition) is 13. The summed E-state index contributed by atoms with van der Waals surface area (Å²) >= 11 is 0. The number of esters is 3. The van der Waals surface area contributed by atoms with Gasteiger partial charge in [0.25, 0.3) is 0 Å². The van der Waals surface area contributed by atoms with Crippen LogP contribution in [0.2, 0.25) is 0 Å². The first kappa shape index (κ1) is 40.7. The second-order valence-electron chi connectivity index (χ2n) is 13.8. The average molecular weight is 805 g/mol. The van der Waals surface area contributed by atoms with Crippen molar-refractivity contribution in [1.82, 2.24) is 0 Å². The van der Waals surface area contributed by atoms with Gasteiger partial charge in [0.05, 0.1) is 50.2 Å². The van der Waals surface area contributed by atoms with Crippen LogP contribution in [0, 0.1) is 11.8 Å². The molecule has 0 N–H and O–H groups in total. The molecule has 7 rings (SSSR count). The highest BCUT2D eigenvalue weighted by Gasteiger charge is 2.43. The molecule has 0 radical (unpaired) electrons. The highest BCUT2D eigenvalue weighted by atomic mass is 16.6. The van der Waals surface area contributed by atoms with Gasteiger partial charge in [-0.15, -0.1) is 0 Å². The van der Waals surface area contributed by atoms with E-state index in [2.05, 4.69) is 0 Å². The molecule has 1 heterocycles. The average Bonchev–Trinajstić information content (AvgIpc) is 3.90. The predicted octanol–water partition coefficient (Wildman–Crippen LogP) is 6.26. The Morgan fingerprint density at radius 1 is 0.508 bits per heavy atom. The Bertz CT molecular complexity index is 2190. The van der Waals surface area contributed by atoms with Gasteiger partial charge in [0.2, 0.25) is 0 Å². The number of carbonyl (C=O) groups is 4. The van der Waals surface area contributed by atoms with E-state index >= 15 is 0 Å². The largest absolute Gasteiger partial charge is 0.487 e. The van der Waals surface area contributed by atoms with Crippen LogP contribution < -0.4 is 18.9 Å². The van der Waals surface area contributed by atoms with Crippen LogP contribution >= 0.6 is 0 Å². The Morgan fingerprint density at radius 3 is 1.49 bits per heavy atom. The number of carbonyl (C=O) groups excluding carboxylic acids is 4. The number of fused-ring (bicyclic) bond motifs is 4. The van der Waals surface area contributed by atoms with Crippen LogP contribution in [-0.4, -0.2) is 83.7 Å². The highest BCUT2D eigenvalue weighted by molar-refractivity contribution is 6.09. The minimum Gasteiger partial charge on any atom is -0.487 e. The molecular formula is C46H44O13. The number of hydrogen-bond donors (Lipinski definition) is 0. The van der Waals surface area contributed by atoms with Crippen molar-refractivity contribution in [2.75, 3.05) is 60.0 Å². The van der Waals surface area contributed by atoms with Crippen LogP contribution in [0.1, 0.15) is 43.8 Å². The van der Waals surface area contributed by atoms with Gasteiger partial charge < -0.3 is 42.6 Å². The zero-order valence-electron chi connectivity index (χ0n) is 32.6. The van der Waals surface area contributed by atoms with Crippen molar-refractivity contribution < 1.29 is 61.8 Å². The van der Waals surface area contributed by atoms with Crippen molar-refractivity contribution in [2.45, 2.75) is 19.6 Å². The van der Waals surface area contributed by atoms with Gasteiger partial charge in [-0.05, 0) is 53.9 Å². The lowest BCUT2D eigenvalue weighted by Gasteiger charge is -2.17. The smallest absolute Gasteiger partial charge is 0.338 e. The number of benzene rings is 4. The van der Waals surface area contributed by atoms with Crippen molar-refractivity contribution in [3.05, 3.63) is 142 Å². The van der Waals surface area contributed by atoms with E-state index in [9.17, 15) is 19.2 Å². The third kappa shape index (κ3) is 10.4. The van der Waals surface area contributed by atoms with E-state index in [1.54, 1.807) is 84.9 Å². The lowest BCUT2D eigenvalue weighted by atomic mass is 9.97. The van der Waals surface area contributed by atoms with E-state index in [1.165, 1.54) is 7.11 Å². The number of methoxy groups -OCH3 is 1. The first-order valence-electron chi connectivity index (χ1n) is 19.3. The summed E-state index contributed by atoms with van der Waals surface area (Å²) in [7, 11) is 1.30. The van der Waals surface area contributed by atoms with Gasteiger partial charge in [0.15, 0.2) is 28.8 Å². The normalized spacial score (nSPS) is 18.0. The van der Waals surface area contributed by atoms with Crippen LogP contribution in [0.5, 0.6) is 23.0 Å². The molecule has 13 nitrogen and oxygen atoms in total. The first-order valence-corrected chi connectivity index (χ1v) is 19.3. The molecule has 0 unspecified atom stereocenters. The molecule has 306 valence electrons. The Labute approximate surface area is 341 Å². The molecule has 13 heteroatoms. The van der Waals surface area contributed by atoms with Crippen LogP contribution in [0.4, 0.5) is 0 Å². The molecule has 3 aliphatic rings. The molecule has 0 aromatic heterocycles. The standard InChI is InChI=1S/C46H44O13/c1-51-45(49)41-35-13-14-36(27-35)42(41)46(50)59-29-31-8-16-38-40(26-31)57-24-20-53-17-21-54-37-15-7-30(25-39(37)56-23-19-52-18-22-55-38)28-58-44(48)34-11-9-33(10-12-34)43(47)32-5-3-2-4-6-32/h2-16,25-26,35-36H,17-24,27-29H2,1H3/t35-,36+/m1/s1. The number of allylic oxidation sites excluding steroid dienone is 2. The molecule has 2 aliphatic carbocycles. The van der Waals surface area contributed by atoms with Gasteiger partial charge in [0, 0.05) is 23.0 Å². The summed E-state index contributed by atoms with van der Waals surface area (Å²) in [6, 6.07) is 25.8. The van der Waals surface area contributed by atoms with Crippen molar-refractivity contribution >= 4 is 23.7 Å². The molecule has 2 atom stereocenters. The van der Waals surface area contributed by atoms with Crippen LogP contribution in [0.25, 0.3) is 0 Å². The maximum absolute atomic E-state index is 13.1. The molecule has 0 fully saturated rings. The summed E-state index contributed by atoms with van der Waals surface area (Å²) in [5, 5.41) is 0. The van der Waals surface area contributed by atoms with E-state index in [4.69, 9.17) is 42.6 Å². The molecule has 2 bridgehead atoms. The summed E-state index contributed by atoms with van der Waals surface area (Å²) in [5.74, 6) is -0.135. The molecule has 0 amide bonds. The minimum atomic E-state index is -0.544. The maximum atomic E-state index is 13.1. The molecule has 59 heavy (non-hydrogen) atoms. The quantitative estimate of drug-likeness (QED) is 0.0812. The summed E-state index contributed by atoms with van der Waals surface area (Å²) in [6.45, 7) is 1.86. The number of ketones is 1. The van der Waals surface area contributed by atoms with Crippen molar-refractivity contribution in [3.8, 4) is 23.0 Å². The molecule has 0 saturated heterocycles. The number of rotatable bonds is 9. The zero-order chi connectivity index (χ0) is 41.0. The van der Waals surface area contributed by atoms with Gasteiger partial charge >= 0.3 is 17.9 Å². The fourth-order valence-electron chi connectivity index (χ4n) is 6.93. The van der Waals surface area contributed by atoms with Crippen LogP contribution in [0.15, 0.2) is 114 Å². The predicted molar refractivity (Wildman–Crippen MR) is 212 cm³/mol. The molecular weight excluding hydrogens is 760 g/mol. The van der Waals surface area contributed by atoms with E-state index in [-0.39, 0.29) is 83.7 Å². The molecule has 0 spiro atoms. The van der Waals surface area contributed by atoms with Gasteiger partial charge in [-0.3, -0.25) is 4.79 Å². The molecule has 4 aromatic rings. The molecule has 1 aliphatic heterocycles. The van der Waals surface area contributed by atoms with E-state index in [0.717, 1.165) is 0 Å². The van der Waals surface area contributed by atoms with Gasteiger partial charge in [0.1, 0.15) is 39.6 Å². The summed E-state index contributed by atoms with van der Waals surface area (Å²) in [4.78, 5) is 51.1. The first-order chi connectivity index (χ1) is 28.9. The summed E-state index contributed by atoms with van der Waals surface area (Å²) in [6.07, 6.45) is 4.53. The second-order valence-corrected chi connectivity index (χ2v) is 13.8. The van der Waals surface area contributed by atoms with Crippen molar-refractivity contribution in [3.63, 3.8) is 0 Å². The topological polar surface area (TPSA) is 151 Å². The summed E-state index contributed by atoms with van der Waals surface area (Å²) in [5.41, 5.74) is 3.45. The monoisotopic (exact) mass is 804 g/mol. The van der Waals surface area contributed by atoms with Crippen molar-refractivity contribution in [2.24, 2.45) is 11.8 Å². The SMILES string of the molecule is COC(=O)C1=C(C(=O)OCc2ccc3c(c2)OCCOCCOc2ccc(COC(=O)c4ccc(C(=O)c5ccccc5)cc4)cc2OCCOCCO3)[C@H]2C=C[C@@H]1C2. The molecule has 0 saturated carbocycles. The molecule has 4 aromatic carbocycles. The highest BCUT2D eigenvalue weighted by Crippen LogP contribution is 2.45. The lowest BCUT2D eigenvalue weighted by Crippen LogP contribution is -2.18.